The minimum absolute atomic E-state index is 0.0423. The number of aromatic nitrogens is 3. The largest absolute Gasteiger partial charge is 0.477 e. The van der Waals surface area contributed by atoms with Crippen molar-refractivity contribution in [2.75, 3.05) is 6.54 Å². The molecule has 0 aliphatic carbocycles. The van der Waals surface area contributed by atoms with Crippen LogP contribution in [0.25, 0.3) is 0 Å². The third-order valence-electron chi connectivity index (χ3n) is 4.43. The van der Waals surface area contributed by atoms with Crippen molar-refractivity contribution in [1.29, 1.82) is 0 Å². The molecule has 23 heavy (non-hydrogen) atoms. The number of hydrogen-bond donors (Lipinski definition) is 1. The van der Waals surface area contributed by atoms with Crippen LogP contribution in [0.15, 0.2) is 17.2 Å². The second kappa shape index (κ2) is 5.20. The second-order valence-corrected chi connectivity index (χ2v) is 7.58. The van der Waals surface area contributed by atoms with Gasteiger partial charge in [-0.2, -0.15) is 9.40 Å². The third kappa shape index (κ3) is 2.36. The lowest BCUT2D eigenvalue weighted by molar-refractivity contribution is 0.0686. The van der Waals surface area contributed by atoms with Gasteiger partial charge in [-0.3, -0.25) is 4.68 Å². The zero-order valence-electron chi connectivity index (χ0n) is 13.1. The molecule has 8 nitrogen and oxygen atoms in total. The van der Waals surface area contributed by atoms with E-state index >= 15 is 0 Å². The highest BCUT2D eigenvalue weighted by Gasteiger charge is 2.33. The van der Waals surface area contributed by atoms with Gasteiger partial charge in [0.1, 0.15) is 10.6 Å². The summed E-state index contributed by atoms with van der Waals surface area (Å²) in [6, 6.07) is 1.23. The number of fused-ring (bicyclic) bond motifs is 1. The van der Waals surface area contributed by atoms with E-state index in [1.165, 1.54) is 14.9 Å². The Hall–Kier alpha value is -2.13. The number of aromatic carboxylic acids is 1. The van der Waals surface area contributed by atoms with Crippen LogP contribution in [0.5, 0.6) is 0 Å². The molecule has 0 atom stereocenters. The Labute approximate surface area is 134 Å². The van der Waals surface area contributed by atoms with Crippen LogP contribution in [-0.4, -0.2) is 44.7 Å². The van der Waals surface area contributed by atoms with Gasteiger partial charge in [0.2, 0.25) is 10.0 Å². The lowest BCUT2D eigenvalue weighted by Gasteiger charge is -2.26. The molecule has 0 saturated carbocycles. The summed E-state index contributed by atoms with van der Waals surface area (Å²) in [6.07, 6.45) is 2.36. The number of nitrogens with zero attached hydrogens (tertiary/aromatic N) is 4. The monoisotopic (exact) mass is 338 g/mol. The van der Waals surface area contributed by atoms with Gasteiger partial charge in [-0.25, -0.2) is 13.2 Å². The Bertz CT molecular complexity index is 894. The number of aryl methyl sites for hydroxylation is 1. The van der Waals surface area contributed by atoms with Crippen molar-refractivity contribution in [3.8, 4) is 0 Å². The molecule has 1 N–H and O–H groups in total. The molecule has 2 aromatic heterocycles. The van der Waals surface area contributed by atoms with E-state index in [0.29, 0.717) is 18.7 Å². The Morgan fingerprint density at radius 2 is 2.04 bits per heavy atom. The standard InChI is InChI=1S/C14H18N4O4S/c1-9-13(6-11(14(19)20)16(9)2)23(21,22)18-5-4-10-7-15-17(3)12(10)8-18/h6-7H,4-5,8H2,1-3H3,(H,19,20). The molecule has 0 unspecified atom stereocenters. The molecule has 3 rings (SSSR count). The molecule has 0 saturated heterocycles. The normalized spacial score (nSPS) is 15.6. The maximum Gasteiger partial charge on any atom is 0.352 e. The number of carbonyl (C=O) groups is 1. The Kier molecular flexibility index (Phi) is 3.56. The smallest absolute Gasteiger partial charge is 0.352 e. The molecular formula is C14H18N4O4S. The van der Waals surface area contributed by atoms with Gasteiger partial charge < -0.3 is 9.67 Å². The van der Waals surface area contributed by atoms with Crippen LogP contribution in [0.2, 0.25) is 0 Å². The summed E-state index contributed by atoms with van der Waals surface area (Å²) in [5.41, 5.74) is 2.29. The lowest BCUT2D eigenvalue weighted by atomic mass is 10.1. The molecule has 9 heteroatoms. The van der Waals surface area contributed by atoms with E-state index in [2.05, 4.69) is 5.10 Å². The van der Waals surface area contributed by atoms with Gasteiger partial charge in [0, 0.05) is 26.3 Å². The molecule has 0 spiro atoms. The number of carboxylic acids is 1. The molecule has 0 bridgehead atoms. The molecule has 0 radical (unpaired) electrons. The summed E-state index contributed by atoms with van der Waals surface area (Å²) in [6.45, 7) is 2.21. The Balaban J connectivity index is 2.02. The van der Waals surface area contributed by atoms with Crippen LogP contribution in [0.3, 0.4) is 0 Å². The molecule has 0 fully saturated rings. The summed E-state index contributed by atoms with van der Waals surface area (Å²) < 4.78 is 30.3. The van der Waals surface area contributed by atoms with E-state index < -0.39 is 16.0 Å². The first-order valence-electron chi connectivity index (χ1n) is 7.13. The zero-order chi connectivity index (χ0) is 16.9. The number of sulfonamides is 1. The van der Waals surface area contributed by atoms with Gasteiger partial charge in [-0.1, -0.05) is 0 Å². The summed E-state index contributed by atoms with van der Waals surface area (Å²) in [7, 11) is -0.425. The first-order valence-corrected chi connectivity index (χ1v) is 8.57. The lowest BCUT2D eigenvalue weighted by Crippen LogP contribution is -2.36. The van der Waals surface area contributed by atoms with E-state index in [9.17, 15) is 18.3 Å². The van der Waals surface area contributed by atoms with E-state index in [-0.39, 0.29) is 17.1 Å². The average Bonchev–Trinajstić information content (AvgIpc) is 3.01. The molecule has 0 aromatic carbocycles. The fraction of sp³-hybridized carbons (Fsp3) is 0.429. The molecule has 0 amide bonds. The maximum atomic E-state index is 12.9. The van der Waals surface area contributed by atoms with Crippen LogP contribution < -0.4 is 0 Å². The van der Waals surface area contributed by atoms with Gasteiger partial charge in [0.15, 0.2) is 0 Å². The van der Waals surface area contributed by atoms with Crippen LogP contribution in [0.4, 0.5) is 0 Å². The zero-order valence-corrected chi connectivity index (χ0v) is 14.0. The highest BCUT2D eigenvalue weighted by atomic mass is 32.2. The van der Waals surface area contributed by atoms with E-state index in [1.54, 1.807) is 31.9 Å². The molecular weight excluding hydrogens is 320 g/mol. The van der Waals surface area contributed by atoms with Gasteiger partial charge in [-0.15, -0.1) is 0 Å². The van der Waals surface area contributed by atoms with Gasteiger partial charge >= 0.3 is 5.97 Å². The van der Waals surface area contributed by atoms with Crippen molar-refractivity contribution in [3.63, 3.8) is 0 Å². The van der Waals surface area contributed by atoms with Crippen LogP contribution in [-0.2, 0) is 37.1 Å². The molecule has 3 heterocycles. The molecule has 2 aromatic rings. The Morgan fingerprint density at radius 3 is 2.65 bits per heavy atom. The predicted octanol–water partition coefficient (Wildman–Crippen LogP) is 0.512. The molecule has 124 valence electrons. The van der Waals surface area contributed by atoms with Crippen molar-refractivity contribution in [2.45, 2.75) is 24.8 Å². The summed E-state index contributed by atoms with van der Waals surface area (Å²) in [4.78, 5) is 11.3. The van der Waals surface area contributed by atoms with E-state index in [4.69, 9.17) is 0 Å². The van der Waals surface area contributed by atoms with Crippen molar-refractivity contribution < 1.29 is 18.3 Å². The summed E-state index contributed by atoms with van der Waals surface area (Å²) >= 11 is 0. The highest BCUT2D eigenvalue weighted by molar-refractivity contribution is 7.89. The summed E-state index contributed by atoms with van der Waals surface area (Å²) in [5, 5.41) is 13.3. The van der Waals surface area contributed by atoms with E-state index in [1.807, 2.05) is 0 Å². The van der Waals surface area contributed by atoms with Crippen molar-refractivity contribution in [1.82, 2.24) is 18.7 Å². The van der Waals surface area contributed by atoms with Gasteiger partial charge in [0.05, 0.1) is 18.4 Å². The van der Waals surface area contributed by atoms with Gasteiger partial charge in [-0.05, 0) is 25.0 Å². The van der Waals surface area contributed by atoms with Crippen LogP contribution >= 0.6 is 0 Å². The van der Waals surface area contributed by atoms with Crippen LogP contribution in [0, 0.1) is 6.92 Å². The average molecular weight is 338 g/mol. The second-order valence-electron chi connectivity index (χ2n) is 5.67. The highest BCUT2D eigenvalue weighted by Crippen LogP contribution is 2.28. The third-order valence-corrected chi connectivity index (χ3v) is 6.39. The first-order chi connectivity index (χ1) is 10.7. The minimum Gasteiger partial charge on any atom is -0.477 e. The number of carboxylic acid groups (broad SMARTS) is 1. The minimum atomic E-state index is -3.76. The van der Waals surface area contributed by atoms with Crippen molar-refractivity contribution >= 4 is 16.0 Å². The SMILES string of the molecule is Cc1c(S(=O)(=O)N2CCc3cnn(C)c3C2)cc(C(=O)O)n1C. The number of rotatable bonds is 3. The number of hydrogen-bond acceptors (Lipinski definition) is 4. The molecule has 1 aliphatic heterocycles. The molecule has 1 aliphatic rings. The van der Waals surface area contributed by atoms with Crippen LogP contribution in [0.1, 0.15) is 27.4 Å². The fourth-order valence-corrected chi connectivity index (χ4v) is 4.57. The van der Waals surface area contributed by atoms with Crippen molar-refractivity contribution in [3.05, 3.63) is 34.9 Å². The summed E-state index contributed by atoms with van der Waals surface area (Å²) in [5.74, 6) is -1.15. The Morgan fingerprint density at radius 1 is 1.35 bits per heavy atom. The first kappa shape index (κ1) is 15.8. The van der Waals surface area contributed by atoms with Gasteiger partial charge in [0.25, 0.3) is 0 Å². The van der Waals surface area contributed by atoms with Crippen molar-refractivity contribution in [2.24, 2.45) is 14.1 Å². The van der Waals surface area contributed by atoms with E-state index in [0.717, 1.165) is 11.3 Å². The predicted molar refractivity (Wildman–Crippen MR) is 81.6 cm³/mol. The maximum absolute atomic E-state index is 12.9. The fourth-order valence-electron chi connectivity index (χ4n) is 2.89. The topological polar surface area (TPSA) is 97.4 Å². The quantitative estimate of drug-likeness (QED) is 0.879.